The predicted octanol–water partition coefficient (Wildman–Crippen LogP) is 0.722. The number of nitrogens with zero attached hydrogens (tertiary/aromatic N) is 2. The lowest BCUT2D eigenvalue weighted by Gasteiger charge is -2.30. The highest BCUT2D eigenvalue weighted by molar-refractivity contribution is 5.82. The number of aryl methyl sites for hydroxylation is 1. The van der Waals surface area contributed by atoms with Gasteiger partial charge in [-0.1, -0.05) is 0 Å². The molecule has 7 nitrogen and oxygen atoms in total. The molecule has 0 aromatic carbocycles. The van der Waals surface area contributed by atoms with E-state index in [1.807, 2.05) is 24.1 Å². The maximum Gasteiger partial charge on any atom is 0.253 e. The Balaban J connectivity index is 1.70. The lowest BCUT2D eigenvalue weighted by molar-refractivity contribution is -0.146. The molecule has 1 aliphatic carbocycles. The SMILES string of the molecule is CNCCCc1nc(CN(C(=O)[C@H]2CNCCO2)C2CC2)ccc1OC. The third kappa shape index (κ3) is 4.93. The van der Waals surface area contributed by atoms with Gasteiger partial charge in [0, 0.05) is 19.1 Å². The second kappa shape index (κ2) is 9.30. The summed E-state index contributed by atoms with van der Waals surface area (Å²) in [6.07, 6.45) is 3.60. The molecule has 1 amide bonds. The number of aromatic nitrogens is 1. The van der Waals surface area contributed by atoms with Crippen molar-refractivity contribution in [1.82, 2.24) is 20.5 Å². The van der Waals surface area contributed by atoms with E-state index in [2.05, 4.69) is 10.6 Å². The Kier molecular flexibility index (Phi) is 6.82. The normalized spacial score (nSPS) is 20.0. The van der Waals surface area contributed by atoms with Gasteiger partial charge < -0.3 is 25.0 Å². The molecule has 2 N–H and O–H groups in total. The second-order valence-electron chi connectivity index (χ2n) is 6.92. The van der Waals surface area contributed by atoms with Crippen molar-refractivity contribution in [2.24, 2.45) is 0 Å². The smallest absolute Gasteiger partial charge is 0.253 e. The first-order valence-electron chi connectivity index (χ1n) is 9.53. The zero-order valence-electron chi connectivity index (χ0n) is 15.8. The van der Waals surface area contributed by atoms with Crippen LogP contribution in [0.1, 0.15) is 30.7 Å². The van der Waals surface area contributed by atoms with Crippen molar-refractivity contribution in [2.45, 2.75) is 44.4 Å². The van der Waals surface area contributed by atoms with E-state index in [9.17, 15) is 4.79 Å². The fourth-order valence-electron chi connectivity index (χ4n) is 3.28. The average molecular weight is 362 g/mol. The largest absolute Gasteiger partial charge is 0.495 e. The number of carbonyl (C=O) groups excluding carboxylic acids is 1. The number of pyridine rings is 1. The molecule has 1 saturated carbocycles. The number of amides is 1. The summed E-state index contributed by atoms with van der Waals surface area (Å²) in [4.78, 5) is 19.6. The predicted molar refractivity (Wildman–Crippen MR) is 99.2 cm³/mol. The molecule has 2 heterocycles. The number of ether oxygens (including phenoxy) is 2. The number of methoxy groups -OCH3 is 1. The highest BCUT2D eigenvalue weighted by atomic mass is 16.5. The molecule has 1 aromatic heterocycles. The molecule has 2 aliphatic rings. The molecule has 0 bridgehead atoms. The van der Waals surface area contributed by atoms with Gasteiger partial charge in [0.05, 0.1) is 31.6 Å². The quantitative estimate of drug-likeness (QED) is 0.631. The first-order valence-corrected chi connectivity index (χ1v) is 9.53. The maximum absolute atomic E-state index is 12.9. The van der Waals surface area contributed by atoms with Gasteiger partial charge in [0.25, 0.3) is 5.91 Å². The van der Waals surface area contributed by atoms with Crippen molar-refractivity contribution in [3.63, 3.8) is 0 Å². The third-order valence-corrected chi connectivity index (χ3v) is 4.86. The molecule has 7 heteroatoms. The Morgan fingerprint density at radius 3 is 2.96 bits per heavy atom. The minimum absolute atomic E-state index is 0.0778. The van der Waals surface area contributed by atoms with E-state index in [0.717, 1.165) is 55.9 Å². The number of carbonyl (C=O) groups is 1. The van der Waals surface area contributed by atoms with Crippen LogP contribution >= 0.6 is 0 Å². The molecule has 0 unspecified atom stereocenters. The first-order chi connectivity index (χ1) is 12.7. The number of rotatable bonds is 9. The van der Waals surface area contributed by atoms with Gasteiger partial charge in [-0.15, -0.1) is 0 Å². The van der Waals surface area contributed by atoms with Gasteiger partial charge in [-0.2, -0.15) is 0 Å². The molecule has 1 aromatic rings. The fourth-order valence-corrected chi connectivity index (χ4v) is 3.28. The summed E-state index contributed by atoms with van der Waals surface area (Å²) in [5.41, 5.74) is 1.87. The van der Waals surface area contributed by atoms with E-state index in [1.54, 1.807) is 7.11 Å². The van der Waals surface area contributed by atoms with Crippen molar-refractivity contribution >= 4 is 5.91 Å². The first kappa shape index (κ1) is 19.1. The third-order valence-electron chi connectivity index (χ3n) is 4.86. The van der Waals surface area contributed by atoms with Crippen LogP contribution in [0.3, 0.4) is 0 Å². The van der Waals surface area contributed by atoms with Crippen molar-refractivity contribution in [3.05, 3.63) is 23.5 Å². The van der Waals surface area contributed by atoms with Crippen molar-refractivity contribution in [1.29, 1.82) is 0 Å². The van der Waals surface area contributed by atoms with E-state index >= 15 is 0 Å². The summed E-state index contributed by atoms with van der Waals surface area (Å²) < 4.78 is 11.1. The van der Waals surface area contributed by atoms with E-state index in [4.69, 9.17) is 14.5 Å². The topological polar surface area (TPSA) is 75.7 Å². The van der Waals surface area contributed by atoms with Crippen LogP contribution in [-0.4, -0.2) is 68.3 Å². The van der Waals surface area contributed by atoms with Gasteiger partial charge in [0.15, 0.2) is 0 Å². The Morgan fingerprint density at radius 1 is 1.46 bits per heavy atom. The summed E-state index contributed by atoms with van der Waals surface area (Å²) in [5.74, 6) is 0.892. The maximum atomic E-state index is 12.9. The number of hydrogen-bond acceptors (Lipinski definition) is 6. The van der Waals surface area contributed by atoms with Crippen LogP contribution in [0, 0.1) is 0 Å². The highest BCUT2D eigenvalue weighted by Crippen LogP contribution is 2.30. The summed E-state index contributed by atoms with van der Waals surface area (Å²) in [7, 11) is 3.62. The zero-order valence-corrected chi connectivity index (χ0v) is 15.8. The molecule has 1 aliphatic heterocycles. The Hall–Kier alpha value is -1.70. The highest BCUT2D eigenvalue weighted by Gasteiger charge is 2.37. The monoisotopic (exact) mass is 362 g/mol. The summed E-state index contributed by atoms with van der Waals surface area (Å²) in [6.45, 7) is 3.46. The second-order valence-corrected chi connectivity index (χ2v) is 6.92. The molecule has 2 fully saturated rings. The van der Waals surface area contributed by atoms with Crippen LogP contribution in [0.4, 0.5) is 0 Å². The summed E-state index contributed by atoms with van der Waals surface area (Å²) >= 11 is 0. The van der Waals surface area contributed by atoms with Crippen LogP contribution in [0.5, 0.6) is 5.75 Å². The molecular formula is C19H30N4O3. The molecular weight excluding hydrogens is 332 g/mol. The van der Waals surface area contributed by atoms with Crippen molar-refractivity contribution in [2.75, 3.05) is 40.4 Å². The standard InChI is InChI=1S/C19H30N4O3/c1-20-9-3-4-16-17(25-2)8-5-14(22-16)13-23(15-6-7-15)19(24)18-12-21-10-11-26-18/h5,8,15,18,20-21H,3-4,6-7,9-13H2,1-2H3/t18-/m1/s1. The van der Waals surface area contributed by atoms with Crippen LogP contribution in [-0.2, 0) is 22.5 Å². The van der Waals surface area contributed by atoms with Gasteiger partial charge in [-0.3, -0.25) is 9.78 Å². The van der Waals surface area contributed by atoms with Gasteiger partial charge in [-0.25, -0.2) is 0 Å². The van der Waals surface area contributed by atoms with Gasteiger partial charge >= 0.3 is 0 Å². The van der Waals surface area contributed by atoms with Gasteiger partial charge in [-0.05, 0) is 51.4 Å². The minimum atomic E-state index is -0.377. The van der Waals surface area contributed by atoms with Gasteiger partial charge in [0.2, 0.25) is 0 Å². The molecule has 144 valence electrons. The van der Waals surface area contributed by atoms with Crippen LogP contribution in [0.2, 0.25) is 0 Å². The van der Waals surface area contributed by atoms with Gasteiger partial charge in [0.1, 0.15) is 11.9 Å². The number of nitrogens with one attached hydrogen (secondary N) is 2. The Bertz CT molecular complexity index is 600. The molecule has 3 rings (SSSR count). The van der Waals surface area contributed by atoms with Crippen LogP contribution in [0.25, 0.3) is 0 Å². The minimum Gasteiger partial charge on any atom is -0.495 e. The zero-order chi connectivity index (χ0) is 18.4. The van der Waals surface area contributed by atoms with Crippen molar-refractivity contribution < 1.29 is 14.3 Å². The lowest BCUT2D eigenvalue weighted by Crippen LogP contribution is -2.49. The number of hydrogen-bond donors (Lipinski definition) is 2. The van der Waals surface area contributed by atoms with E-state index in [0.29, 0.717) is 25.7 Å². The molecule has 0 spiro atoms. The average Bonchev–Trinajstić information content (AvgIpc) is 3.52. The molecule has 1 atom stereocenters. The number of morpholine rings is 1. The molecule has 1 saturated heterocycles. The Morgan fingerprint density at radius 2 is 2.31 bits per heavy atom. The Labute approximate surface area is 155 Å². The lowest BCUT2D eigenvalue weighted by atomic mass is 10.1. The van der Waals surface area contributed by atoms with Crippen LogP contribution < -0.4 is 15.4 Å². The van der Waals surface area contributed by atoms with E-state index in [-0.39, 0.29) is 12.0 Å². The molecule has 0 radical (unpaired) electrons. The molecule has 26 heavy (non-hydrogen) atoms. The van der Waals surface area contributed by atoms with E-state index < -0.39 is 0 Å². The van der Waals surface area contributed by atoms with Crippen molar-refractivity contribution in [3.8, 4) is 5.75 Å². The fraction of sp³-hybridized carbons (Fsp3) is 0.684. The van der Waals surface area contributed by atoms with E-state index in [1.165, 1.54) is 0 Å². The summed E-state index contributed by atoms with van der Waals surface area (Å²) in [6, 6.07) is 4.25. The summed E-state index contributed by atoms with van der Waals surface area (Å²) in [5, 5.41) is 6.39. The van der Waals surface area contributed by atoms with Crippen LogP contribution in [0.15, 0.2) is 12.1 Å².